The van der Waals surface area contributed by atoms with E-state index in [0.29, 0.717) is 0 Å². The molecule has 1 heterocycles. The van der Waals surface area contributed by atoms with Gasteiger partial charge in [0.05, 0.1) is 0 Å². The van der Waals surface area contributed by atoms with E-state index in [-0.39, 0.29) is 0 Å². The molecule has 6 heteroatoms. The van der Waals surface area contributed by atoms with Gasteiger partial charge in [-0.2, -0.15) is 0 Å². The minimum atomic E-state index is -1.88. The molecule has 0 amide bonds. The SMILES string of the molecule is CCCCC[SiH]1O[SiH2]O[Si](CCCCC)(CCCCC)O1. The Hall–Kier alpha value is 0.531. The van der Waals surface area contributed by atoms with Crippen LogP contribution >= 0.6 is 0 Å². The van der Waals surface area contributed by atoms with Gasteiger partial charge in [-0.3, -0.25) is 0 Å². The Morgan fingerprint density at radius 2 is 1.38 bits per heavy atom. The predicted molar refractivity (Wildman–Crippen MR) is 97.7 cm³/mol. The first kappa shape index (κ1) is 19.6. The van der Waals surface area contributed by atoms with Crippen molar-refractivity contribution in [2.75, 3.05) is 0 Å². The van der Waals surface area contributed by atoms with Crippen molar-refractivity contribution < 1.29 is 12.3 Å². The smallest absolute Gasteiger partial charge is 0.320 e. The molecule has 0 spiro atoms. The zero-order chi connectivity index (χ0) is 15.4. The lowest BCUT2D eigenvalue weighted by atomic mass is 10.3. The molecule has 1 aliphatic rings. The Balaban J connectivity index is 2.48. The zero-order valence-corrected chi connectivity index (χ0v) is 18.1. The van der Waals surface area contributed by atoms with Gasteiger partial charge in [-0.1, -0.05) is 78.6 Å². The zero-order valence-electron chi connectivity index (χ0n) is 14.5. The second kappa shape index (κ2) is 12.0. The van der Waals surface area contributed by atoms with E-state index in [0.717, 1.165) is 0 Å². The van der Waals surface area contributed by atoms with Crippen LogP contribution < -0.4 is 0 Å². The van der Waals surface area contributed by atoms with E-state index in [4.69, 9.17) is 12.3 Å². The van der Waals surface area contributed by atoms with Crippen molar-refractivity contribution in [3.05, 3.63) is 0 Å². The first-order valence-electron chi connectivity index (χ1n) is 9.19. The summed E-state index contributed by atoms with van der Waals surface area (Å²) in [6.07, 6.45) is 11.7. The first-order valence-corrected chi connectivity index (χ1v) is 14.3. The molecular weight excluding hydrogens is 312 g/mol. The second-order valence-corrected chi connectivity index (χ2v) is 14.2. The van der Waals surface area contributed by atoms with Gasteiger partial charge >= 0.3 is 17.8 Å². The third kappa shape index (κ3) is 8.08. The highest BCUT2D eigenvalue weighted by atomic mass is 28.5. The maximum atomic E-state index is 6.58. The van der Waals surface area contributed by atoms with Crippen LogP contribution in [0.25, 0.3) is 0 Å². The van der Waals surface area contributed by atoms with Crippen LogP contribution in [0.15, 0.2) is 0 Å². The minimum absolute atomic E-state index is 0.747. The number of rotatable bonds is 12. The van der Waals surface area contributed by atoms with Crippen LogP contribution in [0.1, 0.15) is 78.6 Å². The number of hydrogen-bond acceptors (Lipinski definition) is 3. The Kier molecular flexibility index (Phi) is 11.2. The largest absolute Gasteiger partial charge is 0.422 e. The van der Waals surface area contributed by atoms with Crippen LogP contribution in [-0.4, -0.2) is 27.9 Å². The Bertz CT molecular complexity index is 244. The van der Waals surface area contributed by atoms with Crippen LogP contribution in [0, 0.1) is 0 Å². The Morgan fingerprint density at radius 3 is 1.95 bits per heavy atom. The van der Waals surface area contributed by atoms with E-state index in [1.807, 2.05) is 0 Å². The Morgan fingerprint density at radius 1 is 0.810 bits per heavy atom. The summed E-state index contributed by atoms with van der Waals surface area (Å²) >= 11 is 0. The van der Waals surface area contributed by atoms with Crippen molar-refractivity contribution in [2.45, 2.75) is 96.7 Å². The lowest BCUT2D eigenvalue weighted by Crippen LogP contribution is -2.53. The monoisotopic (exact) mass is 348 g/mol. The minimum Gasteiger partial charge on any atom is -0.422 e. The molecule has 1 saturated heterocycles. The standard InChI is InChI=1S/C15H36O3Si3/c1-4-7-10-13-20-16-19-17-21(18-20,14-11-8-5-2)15-12-9-6-3/h20H,4-15,19H2,1-3H3. The predicted octanol–water partition coefficient (Wildman–Crippen LogP) is 4.28. The molecule has 0 aliphatic carbocycles. The van der Waals surface area contributed by atoms with Crippen molar-refractivity contribution in [3.8, 4) is 0 Å². The molecule has 0 saturated carbocycles. The van der Waals surface area contributed by atoms with Crippen molar-refractivity contribution >= 4 is 27.9 Å². The second-order valence-electron chi connectivity index (χ2n) is 6.30. The van der Waals surface area contributed by atoms with E-state index in [9.17, 15) is 0 Å². The number of hydrogen-bond donors (Lipinski definition) is 0. The summed E-state index contributed by atoms with van der Waals surface area (Å²) in [5.41, 5.74) is 0. The average molecular weight is 349 g/mol. The van der Waals surface area contributed by atoms with Crippen molar-refractivity contribution in [1.82, 2.24) is 0 Å². The van der Waals surface area contributed by atoms with Gasteiger partial charge in [-0.05, 0) is 18.1 Å². The highest BCUT2D eigenvalue weighted by molar-refractivity contribution is 6.80. The van der Waals surface area contributed by atoms with Crippen LogP contribution in [-0.2, 0) is 12.3 Å². The Labute approximate surface area is 137 Å². The molecule has 1 aliphatic heterocycles. The molecule has 0 aromatic heterocycles. The van der Waals surface area contributed by atoms with Gasteiger partial charge in [-0.15, -0.1) is 0 Å². The number of unbranched alkanes of at least 4 members (excludes halogenated alkanes) is 6. The normalized spacial score (nSPS) is 22.7. The third-order valence-electron chi connectivity index (χ3n) is 4.29. The van der Waals surface area contributed by atoms with Crippen LogP contribution in [0.2, 0.25) is 18.1 Å². The van der Waals surface area contributed by atoms with Gasteiger partial charge < -0.3 is 12.3 Å². The van der Waals surface area contributed by atoms with E-state index in [2.05, 4.69) is 20.8 Å². The van der Waals surface area contributed by atoms with E-state index in [1.54, 1.807) is 0 Å². The maximum absolute atomic E-state index is 6.58. The summed E-state index contributed by atoms with van der Waals surface area (Å²) < 4.78 is 18.8. The molecule has 3 nitrogen and oxygen atoms in total. The molecule has 1 unspecified atom stereocenters. The van der Waals surface area contributed by atoms with E-state index >= 15 is 0 Å². The topological polar surface area (TPSA) is 27.7 Å². The van der Waals surface area contributed by atoms with Crippen molar-refractivity contribution in [1.29, 1.82) is 0 Å². The summed E-state index contributed by atoms with van der Waals surface area (Å²) in [7, 11) is -4.02. The van der Waals surface area contributed by atoms with Gasteiger partial charge in [-0.25, -0.2) is 0 Å². The maximum Gasteiger partial charge on any atom is 0.320 e. The van der Waals surface area contributed by atoms with Gasteiger partial charge in [0, 0.05) is 0 Å². The highest BCUT2D eigenvalue weighted by Gasteiger charge is 2.42. The summed E-state index contributed by atoms with van der Waals surface area (Å²) in [4.78, 5) is 0. The summed E-state index contributed by atoms with van der Waals surface area (Å²) in [6, 6.07) is 3.65. The van der Waals surface area contributed by atoms with E-state index in [1.165, 1.54) is 75.9 Å². The fourth-order valence-corrected chi connectivity index (χ4v) is 14.6. The van der Waals surface area contributed by atoms with Crippen LogP contribution in [0.3, 0.4) is 0 Å². The molecular formula is C15H36O3Si3. The molecule has 1 rings (SSSR count). The van der Waals surface area contributed by atoms with Gasteiger partial charge in [0.25, 0.3) is 10.0 Å². The molecule has 1 fully saturated rings. The van der Waals surface area contributed by atoms with E-state index < -0.39 is 27.9 Å². The summed E-state index contributed by atoms with van der Waals surface area (Å²) in [5.74, 6) is 0. The molecule has 21 heavy (non-hydrogen) atoms. The molecule has 0 bridgehead atoms. The summed E-state index contributed by atoms with van der Waals surface area (Å²) in [6.45, 7) is 6.80. The lowest BCUT2D eigenvalue weighted by molar-refractivity contribution is 0.268. The molecule has 0 aromatic carbocycles. The fourth-order valence-electron chi connectivity index (χ4n) is 2.90. The van der Waals surface area contributed by atoms with Crippen LogP contribution in [0.4, 0.5) is 0 Å². The van der Waals surface area contributed by atoms with Gasteiger partial charge in [0.15, 0.2) is 0 Å². The lowest BCUT2D eigenvalue weighted by Gasteiger charge is -2.39. The molecule has 1 atom stereocenters. The highest BCUT2D eigenvalue weighted by Crippen LogP contribution is 2.29. The molecule has 0 radical (unpaired) electrons. The molecule has 126 valence electrons. The molecule has 0 aromatic rings. The van der Waals surface area contributed by atoms with Crippen LogP contribution in [0.5, 0.6) is 0 Å². The van der Waals surface area contributed by atoms with Gasteiger partial charge in [0.1, 0.15) is 0 Å². The first-order chi connectivity index (χ1) is 10.3. The molecule has 0 N–H and O–H groups in total. The van der Waals surface area contributed by atoms with Gasteiger partial charge in [0.2, 0.25) is 0 Å². The van der Waals surface area contributed by atoms with Crippen molar-refractivity contribution in [3.63, 3.8) is 0 Å². The average Bonchev–Trinajstić information content (AvgIpc) is 2.49. The summed E-state index contributed by atoms with van der Waals surface area (Å²) in [5, 5.41) is 0. The fraction of sp³-hybridized carbons (Fsp3) is 1.00. The van der Waals surface area contributed by atoms with Crippen molar-refractivity contribution in [2.24, 2.45) is 0 Å². The third-order valence-corrected chi connectivity index (χ3v) is 14.8. The quantitative estimate of drug-likeness (QED) is 0.389.